The van der Waals surface area contributed by atoms with Gasteiger partial charge < -0.3 is 10.1 Å². The zero-order valence-corrected chi connectivity index (χ0v) is 13.3. The Morgan fingerprint density at radius 2 is 1.79 bits per heavy atom. The van der Waals surface area contributed by atoms with Gasteiger partial charge in [-0.15, -0.1) is 0 Å². The summed E-state index contributed by atoms with van der Waals surface area (Å²) in [5.74, 6) is -0.329. The van der Waals surface area contributed by atoms with Crippen LogP contribution in [0.15, 0.2) is 36.7 Å². The van der Waals surface area contributed by atoms with Gasteiger partial charge in [0.2, 0.25) is 0 Å². The minimum Gasteiger partial charge on any atom is -0.496 e. The van der Waals surface area contributed by atoms with E-state index in [1.165, 1.54) is 19.5 Å². The third kappa shape index (κ3) is 3.81. The van der Waals surface area contributed by atoms with Crippen molar-refractivity contribution in [3.05, 3.63) is 53.6 Å². The van der Waals surface area contributed by atoms with Crippen molar-refractivity contribution < 1.29 is 22.7 Å². The van der Waals surface area contributed by atoms with Crippen molar-refractivity contribution in [1.29, 1.82) is 0 Å². The Labute approximate surface area is 136 Å². The number of amides is 1. The van der Waals surface area contributed by atoms with Crippen molar-refractivity contribution in [2.45, 2.75) is 25.6 Å². The van der Waals surface area contributed by atoms with Crippen LogP contribution in [0.3, 0.4) is 0 Å². The Hall–Kier alpha value is -2.64. The molecule has 0 spiro atoms. The lowest BCUT2D eigenvalue weighted by Gasteiger charge is -2.25. The van der Waals surface area contributed by atoms with Crippen LogP contribution in [-0.2, 0) is 11.7 Å². The van der Waals surface area contributed by atoms with E-state index in [1.807, 2.05) is 0 Å². The predicted octanol–water partition coefficient (Wildman–Crippen LogP) is 3.17. The summed E-state index contributed by atoms with van der Waals surface area (Å²) in [6.45, 7) is 3.31. The molecule has 1 amide bonds. The molecule has 8 heteroatoms. The predicted molar refractivity (Wildman–Crippen MR) is 80.5 cm³/mol. The van der Waals surface area contributed by atoms with Crippen LogP contribution in [0, 0.1) is 0 Å². The number of benzene rings is 1. The zero-order chi connectivity index (χ0) is 18.0. The number of hydrogen-bond acceptors (Lipinski definition) is 4. The molecule has 1 heterocycles. The van der Waals surface area contributed by atoms with Gasteiger partial charge in [-0.25, -0.2) is 9.97 Å². The number of aromatic nitrogens is 2. The molecule has 1 aromatic heterocycles. The molecule has 0 fully saturated rings. The lowest BCUT2D eigenvalue weighted by atomic mass is 10.0. The molecule has 0 aliphatic carbocycles. The molecule has 5 nitrogen and oxygen atoms in total. The first-order chi connectivity index (χ1) is 11.1. The Morgan fingerprint density at radius 3 is 2.33 bits per heavy atom. The van der Waals surface area contributed by atoms with Gasteiger partial charge in [0.15, 0.2) is 5.82 Å². The van der Waals surface area contributed by atoms with Gasteiger partial charge >= 0.3 is 6.18 Å². The van der Waals surface area contributed by atoms with Gasteiger partial charge in [0, 0.05) is 12.4 Å². The number of rotatable bonds is 4. The van der Waals surface area contributed by atoms with Crippen LogP contribution >= 0.6 is 0 Å². The minimum atomic E-state index is -4.56. The number of carbonyl (C=O) groups excluding carboxylic acids is 1. The largest absolute Gasteiger partial charge is 0.496 e. The standard InChI is InChI=1S/C16H16F3N3O2/c1-15(2,14-20-7-4-8-21-14)22-13(23)11-9-10(16(17,18)19)5-6-12(11)24-3/h4-9H,1-3H3,(H,22,23). The fraction of sp³-hybridized carbons (Fsp3) is 0.312. The summed E-state index contributed by atoms with van der Waals surface area (Å²) >= 11 is 0. The second kappa shape index (κ2) is 6.46. The molecule has 0 radical (unpaired) electrons. The molecule has 0 saturated carbocycles. The van der Waals surface area contributed by atoms with E-state index < -0.39 is 23.2 Å². The molecule has 0 saturated heterocycles. The van der Waals surface area contributed by atoms with E-state index in [0.29, 0.717) is 5.82 Å². The second-order valence-corrected chi connectivity index (χ2v) is 5.56. The molecule has 0 bridgehead atoms. The van der Waals surface area contributed by atoms with E-state index in [4.69, 9.17) is 4.74 Å². The average molecular weight is 339 g/mol. The van der Waals surface area contributed by atoms with Gasteiger partial charge in [0.05, 0.1) is 23.8 Å². The molecular formula is C16H16F3N3O2. The van der Waals surface area contributed by atoms with Gasteiger partial charge in [-0.2, -0.15) is 13.2 Å². The van der Waals surface area contributed by atoms with Gasteiger partial charge in [-0.1, -0.05) is 0 Å². The Morgan fingerprint density at radius 1 is 1.17 bits per heavy atom. The number of nitrogens with one attached hydrogen (secondary N) is 1. The maximum atomic E-state index is 12.9. The highest BCUT2D eigenvalue weighted by Gasteiger charge is 2.33. The summed E-state index contributed by atoms with van der Waals surface area (Å²) in [7, 11) is 1.28. The summed E-state index contributed by atoms with van der Waals surface area (Å²) in [5, 5.41) is 2.63. The van der Waals surface area contributed by atoms with Crippen molar-refractivity contribution in [3.63, 3.8) is 0 Å². The third-order valence-electron chi connectivity index (χ3n) is 3.32. The summed E-state index contributed by atoms with van der Waals surface area (Å²) in [6, 6.07) is 4.36. The van der Waals surface area contributed by atoms with E-state index >= 15 is 0 Å². The van der Waals surface area contributed by atoms with Crippen molar-refractivity contribution in [3.8, 4) is 5.75 Å². The molecule has 2 rings (SSSR count). The van der Waals surface area contributed by atoms with Crippen molar-refractivity contribution in [2.24, 2.45) is 0 Å². The molecule has 0 aliphatic rings. The maximum absolute atomic E-state index is 12.9. The molecule has 1 N–H and O–H groups in total. The molecule has 0 atom stereocenters. The smallest absolute Gasteiger partial charge is 0.416 e. The first kappa shape index (κ1) is 17.7. The molecule has 1 aromatic carbocycles. The summed E-state index contributed by atoms with van der Waals surface area (Å²) in [5.41, 5.74) is -2.11. The SMILES string of the molecule is COc1ccc(C(F)(F)F)cc1C(=O)NC(C)(C)c1ncccn1. The van der Waals surface area contributed by atoms with Gasteiger partial charge in [0.25, 0.3) is 5.91 Å². The quantitative estimate of drug-likeness (QED) is 0.929. The molecule has 2 aromatic rings. The lowest BCUT2D eigenvalue weighted by molar-refractivity contribution is -0.137. The third-order valence-corrected chi connectivity index (χ3v) is 3.32. The first-order valence-electron chi connectivity index (χ1n) is 7.00. The highest BCUT2D eigenvalue weighted by atomic mass is 19.4. The number of halogens is 3. The second-order valence-electron chi connectivity index (χ2n) is 5.56. The van der Waals surface area contributed by atoms with Gasteiger partial charge in [0.1, 0.15) is 5.75 Å². The van der Waals surface area contributed by atoms with Crippen molar-refractivity contribution in [2.75, 3.05) is 7.11 Å². The highest BCUT2D eigenvalue weighted by Crippen LogP contribution is 2.32. The number of hydrogen-bond donors (Lipinski definition) is 1. The van der Waals surface area contributed by atoms with Crippen molar-refractivity contribution >= 4 is 5.91 Å². The minimum absolute atomic E-state index is 0.0466. The number of alkyl halides is 3. The number of carbonyl (C=O) groups is 1. The van der Waals surface area contributed by atoms with Crippen molar-refractivity contribution in [1.82, 2.24) is 15.3 Å². The molecular weight excluding hydrogens is 323 g/mol. The van der Waals surface area contributed by atoms with E-state index in [2.05, 4.69) is 15.3 Å². The highest BCUT2D eigenvalue weighted by molar-refractivity contribution is 5.97. The van der Waals surface area contributed by atoms with Crippen LogP contribution in [0.4, 0.5) is 13.2 Å². The fourth-order valence-corrected chi connectivity index (χ4v) is 2.09. The van der Waals surface area contributed by atoms with E-state index in [9.17, 15) is 18.0 Å². The first-order valence-corrected chi connectivity index (χ1v) is 7.00. The van der Waals surface area contributed by atoms with Crippen LogP contribution in [0.5, 0.6) is 5.75 Å². The van der Waals surface area contributed by atoms with Gasteiger partial charge in [-0.05, 0) is 38.1 Å². The van der Waals surface area contributed by atoms with Gasteiger partial charge in [-0.3, -0.25) is 4.79 Å². The van der Waals surface area contributed by atoms with Crippen LogP contribution in [-0.4, -0.2) is 23.0 Å². The zero-order valence-electron chi connectivity index (χ0n) is 13.3. The van der Waals surface area contributed by atoms with Crippen LogP contribution in [0.2, 0.25) is 0 Å². The average Bonchev–Trinajstić information content (AvgIpc) is 2.53. The van der Waals surface area contributed by atoms with Crippen LogP contribution in [0.1, 0.15) is 35.6 Å². The number of methoxy groups -OCH3 is 1. The Bertz CT molecular complexity index is 731. The lowest BCUT2D eigenvalue weighted by Crippen LogP contribution is -2.42. The van der Waals surface area contributed by atoms with E-state index in [1.54, 1.807) is 19.9 Å². The number of ether oxygens (including phenoxy) is 1. The fourth-order valence-electron chi connectivity index (χ4n) is 2.09. The van der Waals surface area contributed by atoms with E-state index in [-0.39, 0.29) is 11.3 Å². The molecule has 0 aliphatic heterocycles. The Balaban J connectivity index is 2.35. The monoisotopic (exact) mass is 339 g/mol. The molecule has 0 unspecified atom stereocenters. The topological polar surface area (TPSA) is 64.1 Å². The Kier molecular flexibility index (Phi) is 4.77. The maximum Gasteiger partial charge on any atom is 0.416 e. The summed E-state index contributed by atoms with van der Waals surface area (Å²) in [4.78, 5) is 20.6. The summed E-state index contributed by atoms with van der Waals surface area (Å²) in [6.07, 6.45) is -1.53. The molecule has 24 heavy (non-hydrogen) atoms. The van der Waals surface area contributed by atoms with Crippen LogP contribution < -0.4 is 10.1 Å². The summed E-state index contributed by atoms with van der Waals surface area (Å²) < 4.78 is 43.6. The number of nitrogens with zero attached hydrogens (tertiary/aromatic N) is 2. The van der Waals surface area contributed by atoms with Crippen LogP contribution in [0.25, 0.3) is 0 Å². The molecule has 128 valence electrons. The normalized spacial score (nSPS) is 11.9. The van der Waals surface area contributed by atoms with E-state index in [0.717, 1.165) is 18.2 Å².